The normalized spacial score (nSPS) is 24.0. The Morgan fingerprint density at radius 2 is 1.12 bits per heavy atom. The number of aliphatic carboxylic acids is 2. The monoisotopic (exact) mass is 1900 g/mol. The van der Waals surface area contributed by atoms with Crippen molar-refractivity contribution in [3.05, 3.63) is 173 Å². The maximum atomic E-state index is 15.7. The van der Waals surface area contributed by atoms with Gasteiger partial charge >= 0.3 is 11.9 Å². The Kier molecular flexibility index (Phi) is 38.4. The number of H-pyrrole nitrogens is 1. The average Bonchev–Trinajstić information content (AvgIpc) is 1.57. The molecule has 0 spiro atoms. The molecule has 4 heterocycles. The van der Waals surface area contributed by atoms with Crippen LogP contribution in [-0.2, 0) is 118 Å². The minimum Gasteiger partial charge on any atom is -0.508 e. The molecule has 5 aromatic carbocycles. The van der Waals surface area contributed by atoms with Crippen molar-refractivity contribution in [2.75, 3.05) is 72.0 Å². The number of phenolic OH excluding ortho intramolecular Hbond substituents is 1. The van der Waals surface area contributed by atoms with Crippen molar-refractivity contribution in [2.24, 2.45) is 17.4 Å². The van der Waals surface area contributed by atoms with Crippen LogP contribution in [0.4, 0.5) is 17.6 Å². The Balaban J connectivity index is 1.14. The number of carboxylic acid groups (broad SMARTS) is 2. The lowest BCUT2D eigenvalue weighted by atomic mass is 9.98. The van der Waals surface area contributed by atoms with Crippen LogP contribution in [0.2, 0.25) is 0 Å². The third-order valence-corrected chi connectivity index (χ3v) is 24.4. The van der Waals surface area contributed by atoms with E-state index in [4.69, 9.17) is 16.2 Å². The lowest BCUT2D eigenvalue weighted by molar-refractivity contribution is -0.152. The van der Waals surface area contributed by atoms with Gasteiger partial charge in [0.1, 0.15) is 90.1 Å². The number of aromatic hydroxyl groups is 1. The van der Waals surface area contributed by atoms with Gasteiger partial charge < -0.3 is 114 Å². The van der Waals surface area contributed by atoms with Crippen molar-refractivity contribution in [3.63, 3.8) is 0 Å². The number of para-hydroxylation sites is 1. The second-order valence-corrected chi connectivity index (χ2v) is 34.6. The molecule has 0 bridgehead atoms. The number of unbranched alkanes of at least 4 members (excludes halogenated alkanes) is 1. The van der Waals surface area contributed by atoms with Gasteiger partial charge in [-0.15, -0.1) is 11.8 Å². The van der Waals surface area contributed by atoms with Crippen LogP contribution in [0.15, 0.2) is 121 Å². The molecule has 0 unspecified atom stereocenters. The van der Waals surface area contributed by atoms with Crippen LogP contribution in [0, 0.1) is 29.2 Å². The molecule has 3 aliphatic rings. The molecule has 14 atom stereocenters. The van der Waals surface area contributed by atoms with Gasteiger partial charge in [-0.25, -0.2) is 17.6 Å². The Morgan fingerprint density at radius 1 is 0.556 bits per heavy atom. The zero-order valence-corrected chi connectivity index (χ0v) is 75.8. The smallest absolute Gasteiger partial charge is 0.305 e. The van der Waals surface area contributed by atoms with Gasteiger partial charge in [-0.05, 0) is 102 Å². The van der Waals surface area contributed by atoms with Crippen molar-refractivity contribution in [1.82, 2.24) is 77.3 Å². The van der Waals surface area contributed by atoms with E-state index in [1.165, 1.54) is 57.3 Å². The minimum atomic E-state index is -2.09. The number of hydrogen-bond acceptors (Lipinski definition) is 22. The predicted octanol–water partition coefficient (Wildman–Crippen LogP) is -0.625. The van der Waals surface area contributed by atoms with Crippen LogP contribution in [0.5, 0.6) is 5.75 Å². The molecule has 6 aromatic rings. The number of rotatable bonds is 24. The third kappa shape index (κ3) is 29.2. The largest absolute Gasteiger partial charge is 0.508 e. The number of thioether (sulfide) groups is 1. The van der Waals surface area contributed by atoms with Crippen LogP contribution in [0.25, 0.3) is 10.9 Å². The van der Waals surface area contributed by atoms with Crippen molar-refractivity contribution >= 4 is 123 Å². The topological polar surface area (TPSA) is 573 Å². The van der Waals surface area contributed by atoms with Crippen molar-refractivity contribution in [2.45, 2.75) is 189 Å². The molecule has 9 rings (SSSR count). The van der Waals surface area contributed by atoms with E-state index in [0.717, 1.165) is 50.7 Å². The van der Waals surface area contributed by atoms with E-state index in [1.54, 1.807) is 67.7 Å². The highest BCUT2D eigenvalue weighted by atomic mass is 32.2. The summed E-state index contributed by atoms with van der Waals surface area (Å²) in [6.07, 6.45) is -5.73. The summed E-state index contributed by atoms with van der Waals surface area (Å²) in [7, 11) is 3.41. The maximum Gasteiger partial charge on any atom is 0.305 e. The molecule has 0 saturated carbocycles. The number of aliphatic hydroxyl groups is 1. The number of carbonyl (C=O) groups excluding carboxylic acids is 15. The van der Waals surface area contributed by atoms with Gasteiger partial charge in [-0.3, -0.25) is 81.5 Å². The number of fused-ring (bicyclic) bond motifs is 3. The first-order valence-electron chi connectivity index (χ1n) is 43.8. The number of phenols is 1. The number of aromatic amines is 1. The first-order chi connectivity index (χ1) is 64.1. The van der Waals surface area contributed by atoms with Crippen molar-refractivity contribution in [1.29, 1.82) is 0 Å². The molecular weight excluding hydrogens is 1790 g/mol. The molecule has 18 N–H and O–H groups in total. The zero-order chi connectivity index (χ0) is 98.8. The number of nitrogens with two attached hydrogens (primary N) is 2. The number of amides is 15. The average molecular weight is 1910 g/mol. The number of carbonyl (C=O) groups is 17. The van der Waals surface area contributed by atoms with Crippen LogP contribution >= 0.6 is 11.8 Å². The van der Waals surface area contributed by atoms with E-state index in [-0.39, 0.29) is 55.7 Å². The summed E-state index contributed by atoms with van der Waals surface area (Å²) in [5.74, 6) is -28.4. The fraction of sp³-hybridized carbons (Fsp3) is 0.462. The van der Waals surface area contributed by atoms with Crippen LogP contribution in [-0.4, -0.2) is 307 Å². The number of primary amides is 1. The second kappa shape index (κ2) is 49.4. The molecule has 728 valence electrons. The lowest BCUT2D eigenvalue weighted by Gasteiger charge is -2.38. The maximum absolute atomic E-state index is 15.7. The van der Waals surface area contributed by atoms with Crippen molar-refractivity contribution < 1.29 is 124 Å². The molecule has 44 heteroatoms. The van der Waals surface area contributed by atoms with Crippen molar-refractivity contribution in [3.8, 4) is 5.75 Å². The summed E-state index contributed by atoms with van der Waals surface area (Å²) in [4.78, 5) is 257. The Bertz CT molecular complexity index is 5270. The minimum absolute atomic E-state index is 0.169. The quantitative estimate of drug-likeness (QED) is 0.0265. The molecular formula is C91H113F4N17O22S. The van der Waals surface area contributed by atoms with Crippen LogP contribution in [0.3, 0.4) is 0 Å². The lowest BCUT2D eigenvalue weighted by Crippen LogP contribution is -2.64. The molecule has 3 saturated heterocycles. The summed E-state index contributed by atoms with van der Waals surface area (Å²) in [5, 5.41) is 65.4. The van der Waals surface area contributed by atoms with Crippen LogP contribution < -0.4 is 59.3 Å². The number of likely N-dealkylation sites (N-methyl/N-ethyl adjacent to an activating group) is 3. The SMILES string of the molecule is CCCC[C@H]1C(=O)N2C[C@H](O)C[C@@H]2C(=O)N[C@@H](CC(=O)O)C(=O)N[C@H](C(C)C)C(=O)N(C)[C@@H](Cc2ccccc2)C(=O)N[C@@H](CCC(=O)O)C(=O)N2CCOC[C@@H]2C(=O)N[C@H](Cc2c[nH]c3ccccc23)C(=O)N[C@@H](Cc2ccc(O)cc2)C(=O)N[C@@H](CCN)C(=O)N[C@H](C(=O)NCC(N)=O)CSCC(=O)N[C@@H](Cc2cc(F)c(F)c(F)c2)C(=O)N(C)[C@@H](Cc2ccc(F)cc2)C(=O)N1C. The molecule has 39 nitrogen and oxygen atoms in total. The van der Waals surface area contributed by atoms with Gasteiger partial charge in [0.15, 0.2) is 17.5 Å². The Labute approximate surface area is 777 Å². The predicted molar refractivity (Wildman–Crippen MR) is 478 cm³/mol. The first kappa shape index (κ1) is 105. The summed E-state index contributed by atoms with van der Waals surface area (Å²) in [6, 6.07) is 2.71. The molecule has 135 heavy (non-hydrogen) atoms. The number of aliphatic hydroxyl groups excluding tert-OH is 1. The fourth-order valence-corrected chi connectivity index (χ4v) is 16.8. The summed E-state index contributed by atoms with van der Waals surface area (Å²) in [6.45, 7) is 1.65. The Hall–Kier alpha value is -13.6. The molecule has 1 aromatic heterocycles. The number of morpholine rings is 1. The second-order valence-electron chi connectivity index (χ2n) is 33.6. The van der Waals surface area contributed by atoms with Gasteiger partial charge in [0.25, 0.3) is 0 Å². The molecule has 3 fully saturated rings. The van der Waals surface area contributed by atoms with E-state index in [0.29, 0.717) is 52.3 Å². The van der Waals surface area contributed by atoms with Gasteiger partial charge in [-0.2, -0.15) is 0 Å². The first-order valence-corrected chi connectivity index (χ1v) is 44.9. The number of ether oxygens (including phenoxy) is 1. The molecule has 3 aliphatic heterocycles. The summed E-state index contributed by atoms with van der Waals surface area (Å²) >= 11 is 0.591. The van der Waals surface area contributed by atoms with Gasteiger partial charge in [0, 0.05) is 102 Å². The van der Waals surface area contributed by atoms with E-state index >= 15 is 51.9 Å². The van der Waals surface area contributed by atoms with Crippen LogP contribution in [0.1, 0.15) is 100.0 Å². The molecule has 15 amide bonds. The van der Waals surface area contributed by atoms with E-state index in [9.17, 15) is 67.6 Å². The third-order valence-electron chi connectivity index (χ3n) is 23.4. The van der Waals surface area contributed by atoms with E-state index in [1.807, 2.05) is 0 Å². The van der Waals surface area contributed by atoms with Gasteiger partial charge in [-0.1, -0.05) is 106 Å². The fourth-order valence-electron chi connectivity index (χ4n) is 16.0. The van der Waals surface area contributed by atoms with E-state index in [2.05, 4.69) is 52.8 Å². The number of nitrogens with one attached hydrogen (secondary N) is 10. The standard InChI is InChI=1S/C91H113F4N17O22S/c1-7-8-18-68-90(132)112-44-56(114)40-70(112)85(127)105-65(41-76(119)120)83(125)107-78(48(2)3)91(133)109(5)69(37-49-14-10-9-11-15-49)84(126)102-62(27-28-75(117)118)88(130)111-31-32-134-45-72(111)86(128)104-64(39-53-42-98-60-17-13-12-16-57(53)60)82(124)103-63(35-50-21-25-55(113)26-22-50)81(123)101-61(29-30-96)80(122)106-67(79(121)99-43-73(97)115)46-135-47-74(116)100-66(36-52-33-58(93)77(95)59(94)34-52)87(129)110(6)71(89(131)108(68)4)38-51-19-23-54(92)24-20-51/h9-17,19-26,33-34,42,48,56,61-72,78,98,113-114H,7-8,18,27-32,35-41,43-47,96H2,1-6H3,(H2,97,115)(H,99,121)(H,100,116)(H,101,123)(H,102,126)(H,103,124)(H,104,128)(H,105,127)(H,106,122)(H,107,125)(H,117,118)(H,119,120)/t56-,61+,62+,63+,64-,65+,66+,67+,68+,69+,70-,71+,72-,78-/m1/s1. The highest BCUT2D eigenvalue weighted by Crippen LogP contribution is 2.28. The van der Waals surface area contributed by atoms with E-state index < -0.39 is 309 Å². The van der Waals surface area contributed by atoms with Gasteiger partial charge in [0.2, 0.25) is 88.6 Å². The number of benzene rings is 5. The zero-order valence-electron chi connectivity index (χ0n) is 75.0. The number of nitrogens with zero attached hydrogens (tertiary/aromatic N) is 5. The Morgan fingerprint density at radius 3 is 1.76 bits per heavy atom. The number of hydrogen-bond donors (Lipinski definition) is 16. The number of halogens is 4. The number of carboxylic acids is 2. The number of aromatic nitrogens is 1. The molecule has 0 radical (unpaired) electrons. The highest BCUT2D eigenvalue weighted by Gasteiger charge is 2.48. The van der Waals surface area contributed by atoms with Gasteiger partial charge in [0.05, 0.1) is 38.0 Å². The highest BCUT2D eigenvalue weighted by molar-refractivity contribution is 8.00. The summed E-state index contributed by atoms with van der Waals surface area (Å²) in [5.41, 5.74) is 12.9. The molecule has 0 aliphatic carbocycles. The summed E-state index contributed by atoms with van der Waals surface area (Å²) < 4.78 is 65.5.